The highest BCUT2D eigenvalue weighted by atomic mass is 32.1. The number of nitrogens with zero attached hydrogens (tertiary/aromatic N) is 2. The molecule has 0 saturated heterocycles. The molecule has 1 N–H and O–H groups in total. The molecule has 3 nitrogen and oxygen atoms in total. The summed E-state index contributed by atoms with van der Waals surface area (Å²) >= 11 is 4.99. The van der Waals surface area contributed by atoms with Crippen LogP contribution in [0.5, 0.6) is 0 Å². The lowest BCUT2D eigenvalue weighted by Crippen LogP contribution is -2.30. The molecule has 0 aliphatic heterocycles. The maximum absolute atomic E-state index is 4.99. The Morgan fingerprint density at radius 2 is 2.07 bits per heavy atom. The molecule has 1 rings (SSSR count). The van der Waals surface area contributed by atoms with Crippen LogP contribution in [0.3, 0.4) is 0 Å². The largest absolute Gasteiger partial charge is 0.364 e. The third-order valence-corrected chi connectivity index (χ3v) is 2.16. The van der Waals surface area contributed by atoms with Crippen molar-refractivity contribution in [2.75, 3.05) is 14.1 Å². The standard InChI is InChI=1S/C10H13N3S/c1-11-10(14)13(2)12-8-9-6-4-3-5-7-9/h3-8H,1-2H3,(H,11,14)/b12-8+. The van der Waals surface area contributed by atoms with Gasteiger partial charge in [0.2, 0.25) is 0 Å². The number of benzene rings is 1. The maximum atomic E-state index is 4.99. The van der Waals surface area contributed by atoms with Crippen LogP contribution in [0.4, 0.5) is 0 Å². The molecule has 0 amide bonds. The highest BCUT2D eigenvalue weighted by molar-refractivity contribution is 7.80. The van der Waals surface area contributed by atoms with Crippen molar-refractivity contribution in [3.05, 3.63) is 35.9 Å². The zero-order chi connectivity index (χ0) is 10.4. The number of rotatable bonds is 2. The van der Waals surface area contributed by atoms with Gasteiger partial charge in [0.25, 0.3) is 0 Å². The van der Waals surface area contributed by atoms with E-state index in [0.29, 0.717) is 5.11 Å². The lowest BCUT2D eigenvalue weighted by Gasteiger charge is -2.12. The van der Waals surface area contributed by atoms with Crippen LogP contribution >= 0.6 is 12.2 Å². The first kappa shape index (κ1) is 10.7. The summed E-state index contributed by atoms with van der Waals surface area (Å²) in [5.74, 6) is 0. The second-order valence-electron chi connectivity index (χ2n) is 2.73. The molecule has 1 aromatic rings. The van der Waals surface area contributed by atoms with Crippen molar-refractivity contribution in [1.29, 1.82) is 0 Å². The van der Waals surface area contributed by atoms with Gasteiger partial charge in [-0.15, -0.1) is 0 Å². The molecule has 0 spiro atoms. The third kappa shape index (κ3) is 3.14. The minimum absolute atomic E-state index is 0.595. The fraction of sp³-hybridized carbons (Fsp3) is 0.200. The van der Waals surface area contributed by atoms with Gasteiger partial charge in [-0.2, -0.15) is 5.10 Å². The first-order valence-electron chi connectivity index (χ1n) is 4.28. The van der Waals surface area contributed by atoms with E-state index in [1.165, 1.54) is 0 Å². The van der Waals surface area contributed by atoms with Crippen LogP contribution < -0.4 is 5.32 Å². The number of thiocarbonyl (C=S) groups is 1. The van der Waals surface area contributed by atoms with Gasteiger partial charge < -0.3 is 5.32 Å². The zero-order valence-corrected chi connectivity index (χ0v) is 9.08. The van der Waals surface area contributed by atoms with E-state index in [0.717, 1.165) is 5.56 Å². The molecule has 1 aromatic carbocycles. The molecule has 0 saturated carbocycles. The Bertz CT molecular complexity index is 321. The van der Waals surface area contributed by atoms with Gasteiger partial charge in [0.15, 0.2) is 5.11 Å². The van der Waals surface area contributed by atoms with Gasteiger partial charge in [-0.3, -0.25) is 0 Å². The minimum Gasteiger partial charge on any atom is -0.364 e. The smallest absolute Gasteiger partial charge is 0.189 e. The van der Waals surface area contributed by atoms with E-state index in [9.17, 15) is 0 Å². The van der Waals surface area contributed by atoms with Crippen molar-refractivity contribution >= 4 is 23.5 Å². The molecular weight excluding hydrogens is 194 g/mol. The van der Waals surface area contributed by atoms with Gasteiger partial charge in [-0.25, -0.2) is 5.01 Å². The average molecular weight is 207 g/mol. The van der Waals surface area contributed by atoms with E-state index < -0.39 is 0 Å². The van der Waals surface area contributed by atoms with Crippen LogP contribution in [-0.2, 0) is 0 Å². The lowest BCUT2D eigenvalue weighted by atomic mass is 10.2. The highest BCUT2D eigenvalue weighted by Gasteiger charge is 1.96. The maximum Gasteiger partial charge on any atom is 0.189 e. The third-order valence-electron chi connectivity index (χ3n) is 1.69. The Hall–Kier alpha value is -1.42. The van der Waals surface area contributed by atoms with Gasteiger partial charge in [0.1, 0.15) is 0 Å². The summed E-state index contributed by atoms with van der Waals surface area (Å²) in [7, 11) is 3.58. The molecule has 0 aliphatic carbocycles. The summed E-state index contributed by atoms with van der Waals surface area (Å²) in [5, 5.41) is 9.22. The first-order chi connectivity index (χ1) is 6.74. The molecule has 74 valence electrons. The second kappa shape index (κ2) is 5.34. The summed E-state index contributed by atoms with van der Waals surface area (Å²) in [6.45, 7) is 0. The molecule has 0 aliphatic rings. The fourth-order valence-corrected chi connectivity index (χ4v) is 0.954. The van der Waals surface area contributed by atoms with Gasteiger partial charge in [-0.1, -0.05) is 30.3 Å². The predicted molar refractivity (Wildman–Crippen MR) is 63.5 cm³/mol. The molecule has 0 heterocycles. The highest BCUT2D eigenvalue weighted by Crippen LogP contribution is 1.95. The van der Waals surface area contributed by atoms with Gasteiger partial charge >= 0.3 is 0 Å². The van der Waals surface area contributed by atoms with Gasteiger partial charge in [0, 0.05) is 14.1 Å². The fourth-order valence-electron chi connectivity index (χ4n) is 0.907. The van der Waals surface area contributed by atoms with Crippen molar-refractivity contribution in [3.8, 4) is 0 Å². The number of hydrazone groups is 1. The monoisotopic (exact) mass is 207 g/mol. The van der Waals surface area contributed by atoms with Crippen LogP contribution in [-0.4, -0.2) is 30.4 Å². The summed E-state index contributed by atoms with van der Waals surface area (Å²) < 4.78 is 0. The van der Waals surface area contributed by atoms with E-state index in [4.69, 9.17) is 12.2 Å². The van der Waals surface area contributed by atoms with Crippen molar-refractivity contribution < 1.29 is 0 Å². The molecular formula is C10H13N3S. The molecule has 0 radical (unpaired) electrons. The van der Waals surface area contributed by atoms with Gasteiger partial charge in [0.05, 0.1) is 6.21 Å². The van der Waals surface area contributed by atoms with Crippen LogP contribution in [0, 0.1) is 0 Å². The number of nitrogens with one attached hydrogen (secondary N) is 1. The van der Waals surface area contributed by atoms with Crippen molar-refractivity contribution in [3.63, 3.8) is 0 Å². The van der Waals surface area contributed by atoms with Crippen molar-refractivity contribution in [2.45, 2.75) is 0 Å². The molecule has 0 fully saturated rings. The van der Waals surface area contributed by atoms with Crippen molar-refractivity contribution in [2.24, 2.45) is 5.10 Å². The topological polar surface area (TPSA) is 27.6 Å². The van der Waals surface area contributed by atoms with E-state index in [1.807, 2.05) is 30.3 Å². The van der Waals surface area contributed by atoms with Crippen LogP contribution in [0.25, 0.3) is 0 Å². The molecule has 0 aromatic heterocycles. The van der Waals surface area contributed by atoms with Crippen LogP contribution in [0.2, 0.25) is 0 Å². The summed E-state index contributed by atoms with van der Waals surface area (Å²) in [6, 6.07) is 9.88. The Labute approximate surface area is 89.4 Å². The Kier molecular flexibility index (Phi) is 4.07. The average Bonchev–Trinajstić information content (AvgIpc) is 2.26. The van der Waals surface area contributed by atoms with E-state index in [2.05, 4.69) is 10.4 Å². The lowest BCUT2D eigenvalue weighted by molar-refractivity contribution is 0.540. The summed E-state index contributed by atoms with van der Waals surface area (Å²) in [4.78, 5) is 0. The molecule has 4 heteroatoms. The van der Waals surface area contributed by atoms with E-state index in [1.54, 1.807) is 25.3 Å². The molecule has 0 atom stereocenters. The molecule has 14 heavy (non-hydrogen) atoms. The molecule has 0 bridgehead atoms. The predicted octanol–water partition coefficient (Wildman–Crippen LogP) is 1.46. The normalized spacial score (nSPS) is 10.1. The SMILES string of the molecule is CNC(=S)N(C)/N=C/c1ccccc1. The van der Waals surface area contributed by atoms with E-state index >= 15 is 0 Å². The Morgan fingerprint density at radius 1 is 1.43 bits per heavy atom. The van der Waals surface area contributed by atoms with Crippen LogP contribution in [0.15, 0.2) is 35.4 Å². The number of hydrogen-bond donors (Lipinski definition) is 1. The Balaban J connectivity index is 2.60. The zero-order valence-electron chi connectivity index (χ0n) is 8.27. The minimum atomic E-state index is 0.595. The van der Waals surface area contributed by atoms with Crippen molar-refractivity contribution in [1.82, 2.24) is 10.3 Å². The van der Waals surface area contributed by atoms with E-state index in [-0.39, 0.29) is 0 Å². The molecule has 0 unspecified atom stereocenters. The summed E-state index contributed by atoms with van der Waals surface area (Å²) in [5.41, 5.74) is 1.05. The Morgan fingerprint density at radius 3 is 2.64 bits per heavy atom. The van der Waals surface area contributed by atoms with Crippen LogP contribution in [0.1, 0.15) is 5.56 Å². The number of hydrogen-bond acceptors (Lipinski definition) is 2. The van der Waals surface area contributed by atoms with Gasteiger partial charge in [-0.05, 0) is 17.8 Å². The first-order valence-corrected chi connectivity index (χ1v) is 4.69. The quantitative estimate of drug-likeness (QED) is 0.452. The second-order valence-corrected chi connectivity index (χ2v) is 3.12. The summed E-state index contributed by atoms with van der Waals surface area (Å²) in [6.07, 6.45) is 1.77.